The first-order valence-corrected chi connectivity index (χ1v) is 11.3. The molecule has 32 heavy (non-hydrogen) atoms. The monoisotopic (exact) mass is 428 g/mol. The van der Waals surface area contributed by atoms with Crippen LogP contribution in [0, 0.1) is 0 Å². The first-order valence-electron chi connectivity index (χ1n) is 10.5. The molecule has 0 saturated carbocycles. The van der Waals surface area contributed by atoms with E-state index in [1.165, 1.54) is 20.2 Å². The molecule has 0 N–H and O–H groups in total. The van der Waals surface area contributed by atoms with Gasteiger partial charge in [-0.2, -0.15) is 0 Å². The third kappa shape index (κ3) is 2.40. The summed E-state index contributed by atoms with van der Waals surface area (Å²) in [7, 11) is 0. The summed E-state index contributed by atoms with van der Waals surface area (Å²) < 4.78 is 4.79. The van der Waals surface area contributed by atoms with Crippen LogP contribution in [0.15, 0.2) is 97.6 Å². The van der Waals surface area contributed by atoms with Crippen LogP contribution in [-0.4, -0.2) is 19.5 Å². The highest BCUT2D eigenvalue weighted by Gasteiger charge is 2.21. The fraction of sp³-hybridized carbons (Fsp3) is 0. The third-order valence-corrected chi connectivity index (χ3v) is 7.19. The van der Waals surface area contributed by atoms with Gasteiger partial charge in [0.25, 0.3) is 0 Å². The van der Waals surface area contributed by atoms with Crippen LogP contribution in [0.5, 0.6) is 0 Å². The first-order chi connectivity index (χ1) is 15.9. The molecule has 0 fully saturated rings. The summed E-state index contributed by atoms with van der Waals surface area (Å²) in [6, 6.07) is 27.3. The smallest absolute Gasteiger partial charge is 0.116 e. The van der Waals surface area contributed by atoms with Crippen LogP contribution in [0.2, 0.25) is 0 Å². The second-order valence-electron chi connectivity index (χ2n) is 7.77. The number of nitrogens with zero attached hydrogens (tertiary/aromatic N) is 4. The number of para-hydroxylation sites is 1. The molecule has 0 aliphatic heterocycles. The maximum atomic E-state index is 4.95. The Labute approximate surface area is 187 Å². The third-order valence-electron chi connectivity index (χ3n) is 6.00. The molecule has 4 heterocycles. The molecule has 3 aromatic carbocycles. The fourth-order valence-corrected chi connectivity index (χ4v) is 5.83. The Morgan fingerprint density at radius 2 is 1.47 bits per heavy atom. The van der Waals surface area contributed by atoms with Gasteiger partial charge < -0.3 is 4.57 Å². The van der Waals surface area contributed by atoms with E-state index in [1.807, 2.05) is 41.9 Å². The number of rotatable bonds is 2. The van der Waals surface area contributed by atoms with E-state index in [4.69, 9.17) is 9.97 Å². The van der Waals surface area contributed by atoms with Gasteiger partial charge in [-0.3, -0.25) is 4.98 Å². The van der Waals surface area contributed by atoms with Crippen molar-refractivity contribution in [3.05, 3.63) is 97.6 Å². The number of hydrogen-bond donors (Lipinski definition) is 0. The van der Waals surface area contributed by atoms with Crippen molar-refractivity contribution >= 4 is 53.4 Å². The Hall–Kier alpha value is -4.09. The van der Waals surface area contributed by atoms with Crippen LogP contribution in [0.25, 0.3) is 59.1 Å². The fourth-order valence-electron chi connectivity index (χ4n) is 4.62. The molecule has 0 amide bonds. The van der Waals surface area contributed by atoms with Crippen LogP contribution in [-0.2, 0) is 0 Å². The molecule has 0 spiro atoms. The van der Waals surface area contributed by atoms with Gasteiger partial charge in [0.05, 0.1) is 38.8 Å². The van der Waals surface area contributed by atoms with Gasteiger partial charge in [0, 0.05) is 32.6 Å². The lowest BCUT2D eigenvalue weighted by atomic mass is 10.1. The number of fused-ring (bicyclic) bond motifs is 7. The van der Waals surface area contributed by atoms with Gasteiger partial charge in [-0.25, -0.2) is 9.97 Å². The molecule has 0 radical (unpaired) electrons. The zero-order valence-electron chi connectivity index (χ0n) is 16.9. The highest BCUT2D eigenvalue weighted by atomic mass is 32.1. The van der Waals surface area contributed by atoms with Crippen LogP contribution in [0.4, 0.5) is 0 Å². The molecule has 4 nitrogen and oxygen atoms in total. The van der Waals surface area contributed by atoms with E-state index in [0.29, 0.717) is 0 Å². The maximum Gasteiger partial charge on any atom is 0.116 e. The molecule has 0 aliphatic rings. The van der Waals surface area contributed by atoms with Crippen molar-refractivity contribution in [2.75, 3.05) is 0 Å². The van der Waals surface area contributed by atoms with Gasteiger partial charge in [0.15, 0.2) is 0 Å². The summed E-state index contributed by atoms with van der Waals surface area (Å²) in [5.74, 6) is 0. The molecular formula is C27H16N4S. The molecular weight excluding hydrogens is 412 g/mol. The minimum atomic E-state index is 0.904. The van der Waals surface area contributed by atoms with E-state index in [1.54, 1.807) is 6.33 Å². The van der Waals surface area contributed by atoms with Crippen LogP contribution in [0.1, 0.15) is 0 Å². The lowest BCUT2D eigenvalue weighted by Crippen LogP contribution is -2.00. The molecule has 0 saturated heterocycles. The van der Waals surface area contributed by atoms with Gasteiger partial charge in [-0.1, -0.05) is 66.7 Å². The quantitative estimate of drug-likeness (QED) is 0.298. The summed E-state index contributed by atoms with van der Waals surface area (Å²) in [6.07, 6.45) is 5.55. The summed E-state index contributed by atoms with van der Waals surface area (Å²) in [4.78, 5) is 14.1. The van der Waals surface area contributed by atoms with Crippen molar-refractivity contribution in [2.45, 2.75) is 0 Å². The summed E-state index contributed by atoms with van der Waals surface area (Å²) in [5, 5.41) is 3.55. The predicted octanol–water partition coefficient (Wildman–Crippen LogP) is 7.00. The van der Waals surface area contributed by atoms with Crippen LogP contribution >= 0.6 is 11.3 Å². The Balaban J connectivity index is 1.70. The first kappa shape index (κ1) is 17.6. The molecule has 4 aromatic heterocycles. The molecule has 150 valence electrons. The Morgan fingerprint density at radius 3 is 2.38 bits per heavy atom. The SMILES string of the molecule is c1ccc(-c2ncncc2-n2c3ccccc3c3ncc4c5ccccc5sc4c32)cc1. The number of benzene rings is 3. The standard InChI is InChI=1S/C27H16N4S/c1-2-8-17(9-3-1)24-22(15-28-16-30-24)31-21-12-6-4-11-19(21)25-26(31)27-20(14-29-25)18-10-5-7-13-23(18)32-27/h1-16H. The summed E-state index contributed by atoms with van der Waals surface area (Å²) in [6.45, 7) is 0. The van der Waals surface area contributed by atoms with Gasteiger partial charge >= 0.3 is 0 Å². The number of aromatic nitrogens is 4. The zero-order chi connectivity index (χ0) is 21.1. The number of thiophene rings is 1. The van der Waals surface area contributed by atoms with Crippen molar-refractivity contribution in [3.63, 3.8) is 0 Å². The van der Waals surface area contributed by atoms with Gasteiger partial charge in [-0.05, 0) is 12.1 Å². The summed E-state index contributed by atoms with van der Waals surface area (Å²) >= 11 is 1.82. The Bertz CT molecular complexity index is 1780. The van der Waals surface area contributed by atoms with E-state index < -0.39 is 0 Å². The largest absolute Gasteiger partial charge is 0.303 e. The molecule has 0 bridgehead atoms. The van der Waals surface area contributed by atoms with E-state index in [0.717, 1.165) is 38.9 Å². The molecule has 0 atom stereocenters. The van der Waals surface area contributed by atoms with Gasteiger partial charge in [0.2, 0.25) is 0 Å². The van der Waals surface area contributed by atoms with Crippen molar-refractivity contribution in [1.29, 1.82) is 0 Å². The number of hydrogen-bond acceptors (Lipinski definition) is 4. The maximum absolute atomic E-state index is 4.95. The minimum Gasteiger partial charge on any atom is -0.303 e. The molecule has 7 rings (SSSR count). The lowest BCUT2D eigenvalue weighted by Gasteiger charge is -2.12. The average Bonchev–Trinajstić information content (AvgIpc) is 3.40. The van der Waals surface area contributed by atoms with E-state index in [-0.39, 0.29) is 0 Å². The average molecular weight is 429 g/mol. The topological polar surface area (TPSA) is 43.6 Å². The van der Waals surface area contributed by atoms with E-state index in [9.17, 15) is 0 Å². The highest BCUT2D eigenvalue weighted by molar-refractivity contribution is 7.26. The van der Waals surface area contributed by atoms with Gasteiger partial charge in [0.1, 0.15) is 6.33 Å². The van der Waals surface area contributed by atoms with Crippen molar-refractivity contribution in [3.8, 4) is 16.9 Å². The van der Waals surface area contributed by atoms with Crippen LogP contribution < -0.4 is 0 Å². The Kier molecular flexibility index (Phi) is 3.68. The second-order valence-corrected chi connectivity index (χ2v) is 8.82. The molecule has 0 aliphatic carbocycles. The Morgan fingerprint density at radius 1 is 0.688 bits per heavy atom. The van der Waals surface area contributed by atoms with Crippen molar-refractivity contribution in [2.24, 2.45) is 0 Å². The normalized spacial score (nSPS) is 11.8. The lowest BCUT2D eigenvalue weighted by molar-refractivity contribution is 1.08. The second kappa shape index (κ2) is 6.70. The minimum absolute atomic E-state index is 0.904. The zero-order valence-corrected chi connectivity index (χ0v) is 17.8. The summed E-state index contributed by atoms with van der Waals surface area (Å²) in [5.41, 5.74) is 6.14. The van der Waals surface area contributed by atoms with E-state index in [2.05, 4.69) is 70.2 Å². The predicted molar refractivity (Wildman–Crippen MR) is 132 cm³/mol. The molecule has 0 unspecified atom stereocenters. The van der Waals surface area contributed by atoms with Crippen molar-refractivity contribution < 1.29 is 0 Å². The van der Waals surface area contributed by atoms with Crippen LogP contribution in [0.3, 0.4) is 0 Å². The molecule has 7 aromatic rings. The van der Waals surface area contributed by atoms with Crippen molar-refractivity contribution in [1.82, 2.24) is 19.5 Å². The number of pyridine rings is 1. The highest BCUT2D eigenvalue weighted by Crippen LogP contribution is 2.42. The molecule has 5 heteroatoms. The van der Waals surface area contributed by atoms with Gasteiger partial charge in [-0.15, -0.1) is 11.3 Å². The van der Waals surface area contributed by atoms with E-state index >= 15 is 0 Å².